The molecule has 0 spiro atoms. The summed E-state index contributed by atoms with van der Waals surface area (Å²) in [4.78, 5) is 9.83. The second-order valence-electron chi connectivity index (χ2n) is 0.899. The first-order valence-electron chi connectivity index (χ1n) is 1.76. The zero-order chi connectivity index (χ0) is 5.70. The van der Waals surface area contributed by atoms with Crippen LogP contribution in [0.4, 0.5) is 0 Å². The summed E-state index contributed by atoms with van der Waals surface area (Å²) >= 11 is 4.88. The topological polar surface area (TPSA) is 17.1 Å². The summed E-state index contributed by atoms with van der Waals surface area (Å²) in [5.74, 6) is 0. The van der Waals surface area contributed by atoms with Crippen LogP contribution in [0.3, 0.4) is 0 Å². The molecule has 7 heavy (non-hydrogen) atoms. The van der Waals surface area contributed by atoms with Crippen LogP contribution in [-0.4, -0.2) is 5.24 Å². The molecule has 0 fully saturated rings. The lowest BCUT2D eigenvalue weighted by Crippen LogP contribution is -1.70. The number of carbonyl (C=O) groups excluding carboxylic acids is 1. The molecule has 0 bridgehead atoms. The quantitative estimate of drug-likeness (QED) is 0.304. The Labute approximate surface area is 47.3 Å². The maximum Gasteiger partial charge on any atom is 0.245 e. The average Bonchev–Trinajstić information content (AvgIpc) is 1.61. The van der Waals surface area contributed by atoms with Gasteiger partial charge >= 0.3 is 0 Å². The van der Waals surface area contributed by atoms with Crippen LogP contribution in [-0.2, 0) is 4.79 Å². The van der Waals surface area contributed by atoms with E-state index in [0.29, 0.717) is 0 Å². The summed E-state index contributed by atoms with van der Waals surface area (Å²) in [6.07, 6.45) is 4.20. The molecule has 0 aliphatic carbocycles. The van der Waals surface area contributed by atoms with E-state index in [9.17, 15) is 4.79 Å². The molecule has 0 unspecified atom stereocenters. The molecule has 0 aliphatic rings. The van der Waals surface area contributed by atoms with E-state index in [1.165, 1.54) is 18.2 Å². The maximum atomic E-state index is 9.83. The molecule has 0 rings (SSSR count). The van der Waals surface area contributed by atoms with Crippen molar-refractivity contribution in [3.63, 3.8) is 0 Å². The van der Waals surface area contributed by atoms with E-state index >= 15 is 0 Å². The first-order chi connectivity index (χ1) is 3.27. The molecule has 0 N–H and O–H groups in total. The zero-order valence-electron chi connectivity index (χ0n) is 3.73. The van der Waals surface area contributed by atoms with Crippen molar-refractivity contribution in [3.05, 3.63) is 24.8 Å². The van der Waals surface area contributed by atoms with Gasteiger partial charge in [-0.3, -0.25) is 4.79 Å². The molecule has 0 aromatic heterocycles. The normalized spacial score (nSPS) is 9.29. The zero-order valence-corrected chi connectivity index (χ0v) is 4.48. The second kappa shape index (κ2) is 3.62. The summed E-state index contributed by atoms with van der Waals surface area (Å²) in [5.41, 5.74) is 0. The molecule has 0 aliphatic heterocycles. The number of carbonyl (C=O) groups is 1. The predicted octanol–water partition coefficient (Wildman–Crippen LogP) is 1.49. The van der Waals surface area contributed by atoms with Gasteiger partial charge in [0.05, 0.1) is 0 Å². The fraction of sp³-hybridized carbons (Fsp3) is 0. The van der Waals surface area contributed by atoms with Crippen LogP contribution in [0, 0.1) is 0 Å². The van der Waals surface area contributed by atoms with E-state index in [-0.39, 0.29) is 0 Å². The van der Waals surface area contributed by atoms with Crippen molar-refractivity contribution in [2.24, 2.45) is 0 Å². The van der Waals surface area contributed by atoms with Gasteiger partial charge in [0.2, 0.25) is 5.24 Å². The standard InChI is InChI=1S/C5H5ClO/c1-2-3-4-5(6)7/h2-4H,1H2/b4-3-. The van der Waals surface area contributed by atoms with Crippen molar-refractivity contribution >= 4 is 16.8 Å². The van der Waals surface area contributed by atoms with Gasteiger partial charge in [-0.25, -0.2) is 0 Å². The van der Waals surface area contributed by atoms with Crippen LogP contribution in [0.25, 0.3) is 0 Å². The van der Waals surface area contributed by atoms with Crippen molar-refractivity contribution in [3.8, 4) is 0 Å². The Balaban J connectivity index is 3.46. The highest BCUT2D eigenvalue weighted by molar-refractivity contribution is 6.66. The van der Waals surface area contributed by atoms with Gasteiger partial charge in [-0.15, -0.1) is 0 Å². The summed E-state index contributed by atoms with van der Waals surface area (Å²) in [5, 5.41) is -0.472. The van der Waals surface area contributed by atoms with E-state index < -0.39 is 5.24 Å². The SMILES string of the molecule is C=C/C=C\C(=O)Cl. The highest BCUT2D eigenvalue weighted by Crippen LogP contribution is 1.80. The lowest BCUT2D eigenvalue weighted by Gasteiger charge is -1.67. The number of hydrogen-bond donors (Lipinski definition) is 0. The Morgan fingerprint density at radius 2 is 2.29 bits per heavy atom. The fourth-order valence-corrected chi connectivity index (χ4v) is 0.216. The molecule has 0 radical (unpaired) electrons. The Morgan fingerprint density at radius 3 is 2.43 bits per heavy atom. The Kier molecular flexibility index (Phi) is 3.33. The van der Waals surface area contributed by atoms with Gasteiger partial charge in [-0.05, 0) is 17.7 Å². The third-order valence-electron chi connectivity index (χ3n) is 0.363. The van der Waals surface area contributed by atoms with E-state index in [4.69, 9.17) is 11.6 Å². The summed E-state index contributed by atoms with van der Waals surface area (Å²) in [6, 6.07) is 0. The summed E-state index contributed by atoms with van der Waals surface area (Å²) < 4.78 is 0. The second-order valence-corrected chi connectivity index (χ2v) is 1.27. The van der Waals surface area contributed by atoms with Crippen molar-refractivity contribution < 1.29 is 4.79 Å². The Hall–Kier alpha value is -0.560. The lowest BCUT2D eigenvalue weighted by atomic mass is 10.5. The van der Waals surface area contributed by atoms with Crippen molar-refractivity contribution in [1.29, 1.82) is 0 Å². The highest BCUT2D eigenvalue weighted by atomic mass is 35.5. The largest absolute Gasteiger partial charge is 0.276 e. The first kappa shape index (κ1) is 6.44. The van der Waals surface area contributed by atoms with E-state index in [0.717, 1.165) is 0 Å². The molecule has 0 saturated heterocycles. The Bertz CT molecular complexity index is 105. The lowest BCUT2D eigenvalue weighted by molar-refractivity contribution is -0.107. The van der Waals surface area contributed by atoms with Crippen LogP contribution < -0.4 is 0 Å². The molecule has 0 aromatic carbocycles. The molecule has 0 heterocycles. The number of allylic oxidation sites excluding steroid dienone is 3. The number of rotatable bonds is 2. The maximum absolute atomic E-state index is 9.83. The molecule has 0 aromatic rings. The molecular formula is C5H5ClO. The monoisotopic (exact) mass is 116 g/mol. The average molecular weight is 117 g/mol. The van der Waals surface area contributed by atoms with Gasteiger partial charge in [0.1, 0.15) is 0 Å². The van der Waals surface area contributed by atoms with Gasteiger partial charge in [0, 0.05) is 0 Å². The summed E-state index contributed by atoms with van der Waals surface area (Å²) in [7, 11) is 0. The number of halogens is 1. The number of hydrogen-bond acceptors (Lipinski definition) is 1. The van der Waals surface area contributed by atoms with Crippen molar-refractivity contribution in [1.82, 2.24) is 0 Å². The predicted molar refractivity (Wildman–Crippen MR) is 30.2 cm³/mol. The Morgan fingerprint density at radius 1 is 1.71 bits per heavy atom. The third kappa shape index (κ3) is 5.44. The van der Waals surface area contributed by atoms with Gasteiger partial charge < -0.3 is 0 Å². The molecule has 0 saturated carbocycles. The van der Waals surface area contributed by atoms with Crippen LogP contribution in [0.2, 0.25) is 0 Å². The minimum Gasteiger partial charge on any atom is -0.276 e. The molecule has 0 amide bonds. The molecular weight excluding hydrogens is 112 g/mol. The highest BCUT2D eigenvalue weighted by Gasteiger charge is 1.78. The molecule has 38 valence electrons. The fourth-order valence-electron chi connectivity index (χ4n) is 0.144. The van der Waals surface area contributed by atoms with Gasteiger partial charge in [-0.2, -0.15) is 0 Å². The van der Waals surface area contributed by atoms with Crippen LogP contribution in [0.15, 0.2) is 24.8 Å². The molecule has 0 atom stereocenters. The minimum absolute atomic E-state index is 0.472. The van der Waals surface area contributed by atoms with E-state index in [2.05, 4.69) is 6.58 Å². The molecule has 1 nitrogen and oxygen atoms in total. The van der Waals surface area contributed by atoms with E-state index in [1.54, 1.807) is 0 Å². The van der Waals surface area contributed by atoms with Gasteiger partial charge in [0.25, 0.3) is 0 Å². The van der Waals surface area contributed by atoms with Crippen LogP contribution in [0.5, 0.6) is 0 Å². The van der Waals surface area contributed by atoms with E-state index in [1.807, 2.05) is 0 Å². The van der Waals surface area contributed by atoms with Crippen molar-refractivity contribution in [2.75, 3.05) is 0 Å². The smallest absolute Gasteiger partial charge is 0.245 e. The molecule has 2 heteroatoms. The third-order valence-corrected chi connectivity index (χ3v) is 0.489. The van der Waals surface area contributed by atoms with Crippen LogP contribution >= 0.6 is 11.6 Å². The van der Waals surface area contributed by atoms with Gasteiger partial charge in [-0.1, -0.05) is 18.7 Å². The first-order valence-corrected chi connectivity index (χ1v) is 2.13. The van der Waals surface area contributed by atoms with Gasteiger partial charge in [0.15, 0.2) is 0 Å². The minimum atomic E-state index is -0.472. The van der Waals surface area contributed by atoms with Crippen LogP contribution in [0.1, 0.15) is 0 Å². The summed E-state index contributed by atoms with van der Waals surface area (Å²) in [6.45, 7) is 3.33. The van der Waals surface area contributed by atoms with Crippen molar-refractivity contribution in [2.45, 2.75) is 0 Å².